The minimum Gasteiger partial charge on any atom is -0.468 e. The van der Waals surface area contributed by atoms with Gasteiger partial charge in [0.2, 0.25) is 0 Å². The first-order valence-electron chi connectivity index (χ1n) is 10.3. The molecule has 1 fully saturated rings. The Balaban J connectivity index is 1.29. The molecule has 0 radical (unpaired) electrons. The summed E-state index contributed by atoms with van der Waals surface area (Å²) in [5, 5.41) is 6.81. The van der Waals surface area contributed by atoms with Crippen LogP contribution in [0.4, 0.5) is 0 Å². The Bertz CT molecular complexity index is 1070. The second kappa shape index (κ2) is 7.91. The third-order valence-electron chi connectivity index (χ3n) is 5.98. The Hall–Kier alpha value is -3.20. The number of nitrogens with one attached hydrogen (secondary N) is 1. The number of hydrogen-bond donors (Lipinski definition) is 1. The van der Waals surface area contributed by atoms with Crippen LogP contribution in [0.1, 0.15) is 34.2 Å². The normalized spacial score (nSPS) is 20.7. The number of furan rings is 1. The molecule has 2 aliphatic heterocycles. The van der Waals surface area contributed by atoms with E-state index in [0.29, 0.717) is 31.5 Å². The van der Waals surface area contributed by atoms with Crippen LogP contribution in [0.2, 0.25) is 0 Å². The Labute approximate surface area is 173 Å². The minimum absolute atomic E-state index is 0.194. The van der Waals surface area contributed by atoms with Crippen molar-refractivity contribution in [1.29, 1.82) is 0 Å². The highest BCUT2D eigenvalue weighted by Crippen LogP contribution is 2.35. The first-order valence-corrected chi connectivity index (χ1v) is 10.3. The van der Waals surface area contributed by atoms with Crippen molar-refractivity contribution in [2.45, 2.75) is 32.0 Å². The van der Waals surface area contributed by atoms with E-state index in [1.54, 1.807) is 23.3 Å². The summed E-state index contributed by atoms with van der Waals surface area (Å²) in [4.78, 5) is 31.9. The summed E-state index contributed by atoms with van der Waals surface area (Å²) in [5.74, 6) is 1.31. The maximum atomic E-state index is 13.1. The number of likely N-dealkylation sites (tertiary alicyclic amines) is 1. The quantitative estimate of drug-likeness (QED) is 0.656. The van der Waals surface area contributed by atoms with Gasteiger partial charge in [-0.05, 0) is 36.6 Å². The number of nitrogens with zero attached hydrogens (tertiary/aromatic N) is 5. The summed E-state index contributed by atoms with van der Waals surface area (Å²) < 4.78 is 8.94. The number of carbonyl (C=O) groups is 1. The van der Waals surface area contributed by atoms with Crippen molar-refractivity contribution >= 4 is 5.91 Å². The largest absolute Gasteiger partial charge is 0.468 e. The molecule has 0 saturated carbocycles. The summed E-state index contributed by atoms with van der Waals surface area (Å²) in [6, 6.07) is 7.53. The fraction of sp³-hybridized carbons (Fsp3) is 0.429. The SMILES string of the molecule is O=C(NCCn1cncn1)c1ccc2n(c1=O)C[C@H]1C[C@@H]2CN(Cc2ccco2)C1. The van der Waals surface area contributed by atoms with Gasteiger partial charge >= 0.3 is 0 Å². The van der Waals surface area contributed by atoms with Crippen molar-refractivity contribution < 1.29 is 9.21 Å². The lowest BCUT2D eigenvalue weighted by Crippen LogP contribution is -2.47. The molecule has 5 rings (SSSR count). The minimum atomic E-state index is -0.342. The number of carbonyl (C=O) groups excluding carboxylic acids is 1. The van der Waals surface area contributed by atoms with Crippen molar-refractivity contribution in [2.75, 3.05) is 19.6 Å². The van der Waals surface area contributed by atoms with E-state index >= 15 is 0 Å². The van der Waals surface area contributed by atoms with Gasteiger partial charge in [0, 0.05) is 37.8 Å². The molecule has 5 heterocycles. The molecule has 1 N–H and O–H groups in total. The van der Waals surface area contributed by atoms with Crippen LogP contribution < -0.4 is 10.9 Å². The van der Waals surface area contributed by atoms with Crippen LogP contribution >= 0.6 is 0 Å². The topological polar surface area (TPSA) is 98.2 Å². The maximum Gasteiger partial charge on any atom is 0.263 e. The smallest absolute Gasteiger partial charge is 0.263 e. The Morgan fingerprint density at radius 3 is 2.97 bits per heavy atom. The van der Waals surface area contributed by atoms with Crippen LogP contribution in [-0.2, 0) is 19.6 Å². The van der Waals surface area contributed by atoms with Crippen molar-refractivity contribution in [2.24, 2.45) is 5.92 Å². The molecule has 1 amide bonds. The molecule has 0 aromatic carbocycles. The van der Waals surface area contributed by atoms with Crippen molar-refractivity contribution in [3.05, 3.63) is 70.6 Å². The molecule has 3 aromatic rings. The lowest BCUT2D eigenvalue weighted by atomic mass is 9.83. The predicted octanol–water partition coefficient (Wildman–Crippen LogP) is 1.08. The molecular formula is C21H24N6O3. The van der Waals surface area contributed by atoms with E-state index in [-0.39, 0.29) is 17.0 Å². The van der Waals surface area contributed by atoms with Crippen LogP contribution in [0.3, 0.4) is 0 Å². The zero-order valence-electron chi connectivity index (χ0n) is 16.6. The van der Waals surface area contributed by atoms with Crippen molar-refractivity contribution in [1.82, 2.24) is 29.5 Å². The first-order chi connectivity index (χ1) is 14.7. The highest BCUT2D eigenvalue weighted by Gasteiger charge is 2.35. The Morgan fingerprint density at radius 1 is 1.23 bits per heavy atom. The van der Waals surface area contributed by atoms with Gasteiger partial charge in [-0.15, -0.1) is 0 Å². The zero-order chi connectivity index (χ0) is 20.5. The summed E-state index contributed by atoms with van der Waals surface area (Å²) in [6.45, 7) is 4.15. The molecule has 2 bridgehead atoms. The molecule has 9 heteroatoms. The lowest BCUT2D eigenvalue weighted by molar-refractivity contribution is 0.0942. The molecule has 156 valence electrons. The summed E-state index contributed by atoms with van der Waals surface area (Å²) in [6.07, 6.45) is 5.82. The molecule has 0 spiro atoms. The summed E-state index contributed by atoms with van der Waals surface area (Å²) >= 11 is 0. The lowest BCUT2D eigenvalue weighted by Gasteiger charge is -2.42. The Kier molecular flexibility index (Phi) is 4.96. The Morgan fingerprint density at radius 2 is 2.17 bits per heavy atom. The maximum absolute atomic E-state index is 13.1. The van der Waals surface area contributed by atoms with E-state index in [2.05, 4.69) is 20.3 Å². The van der Waals surface area contributed by atoms with Crippen LogP contribution in [0, 0.1) is 5.92 Å². The molecule has 3 aromatic heterocycles. The summed E-state index contributed by atoms with van der Waals surface area (Å²) in [5.41, 5.74) is 1.03. The van der Waals surface area contributed by atoms with Gasteiger partial charge in [0.05, 0.1) is 19.4 Å². The van der Waals surface area contributed by atoms with Gasteiger partial charge in [0.15, 0.2) is 0 Å². The van der Waals surface area contributed by atoms with E-state index in [0.717, 1.165) is 37.5 Å². The van der Waals surface area contributed by atoms with Crippen LogP contribution in [0.25, 0.3) is 0 Å². The number of hydrogen-bond acceptors (Lipinski definition) is 6. The number of fused-ring (bicyclic) bond motifs is 4. The molecule has 0 aliphatic carbocycles. The predicted molar refractivity (Wildman–Crippen MR) is 108 cm³/mol. The summed E-state index contributed by atoms with van der Waals surface area (Å²) in [7, 11) is 0. The van der Waals surface area contributed by atoms with Crippen LogP contribution in [0.15, 0.2) is 52.4 Å². The molecule has 2 aliphatic rings. The average Bonchev–Trinajstić information content (AvgIpc) is 3.43. The molecule has 2 atom stereocenters. The van der Waals surface area contributed by atoms with Gasteiger partial charge in [-0.25, -0.2) is 4.98 Å². The van der Waals surface area contributed by atoms with Crippen molar-refractivity contribution in [3.63, 3.8) is 0 Å². The van der Waals surface area contributed by atoms with Gasteiger partial charge in [0.25, 0.3) is 11.5 Å². The number of aromatic nitrogens is 4. The van der Waals surface area contributed by atoms with Gasteiger partial charge in [-0.3, -0.25) is 19.2 Å². The van der Waals surface area contributed by atoms with E-state index in [1.165, 1.54) is 6.33 Å². The molecule has 0 unspecified atom stereocenters. The molecular weight excluding hydrogens is 384 g/mol. The van der Waals surface area contributed by atoms with Gasteiger partial charge in [-0.2, -0.15) is 5.10 Å². The fourth-order valence-electron chi connectivity index (χ4n) is 4.70. The monoisotopic (exact) mass is 408 g/mol. The second-order valence-corrected chi connectivity index (χ2v) is 8.07. The third kappa shape index (κ3) is 3.68. The average molecular weight is 408 g/mol. The second-order valence-electron chi connectivity index (χ2n) is 8.07. The third-order valence-corrected chi connectivity index (χ3v) is 5.98. The molecule has 30 heavy (non-hydrogen) atoms. The number of pyridine rings is 1. The zero-order valence-corrected chi connectivity index (χ0v) is 16.6. The first kappa shape index (κ1) is 18.8. The highest BCUT2D eigenvalue weighted by atomic mass is 16.3. The van der Waals surface area contributed by atoms with E-state index < -0.39 is 0 Å². The van der Waals surface area contributed by atoms with E-state index in [4.69, 9.17) is 4.42 Å². The highest BCUT2D eigenvalue weighted by molar-refractivity contribution is 5.93. The van der Waals surface area contributed by atoms with Gasteiger partial charge in [-0.1, -0.05) is 0 Å². The van der Waals surface area contributed by atoms with Crippen LogP contribution in [0.5, 0.6) is 0 Å². The van der Waals surface area contributed by atoms with Crippen molar-refractivity contribution in [3.8, 4) is 0 Å². The van der Waals surface area contributed by atoms with Gasteiger partial charge in [0.1, 0.15) is 24.0 Å². The van der Waals surface area contributed by atoms with E-state index in [9.17, 15) is 9.59 Å². The number of amides is 1. The van der Waals surface area contributed by atoms with E-state index in [1.807, 2.05) is 22.8 Å². The molecule has 1 saturated heterocycles. The fourth-order valence-corrected chi connectivity index (χ4v) is 4.70. The number of piperidine rings is 1. The molecule has 9 nitrogen and oxygen atoms in total. The number of rotatable bonds is 6. The van der Waals surface area contributed by atoms with Gasteiger partial charge < -0.3 is 14.3 Å². The standard InChI is InChI=1S/C21H24N6O3/c28-20(23-5-6-26-14-22-13-24-26)18-3-4-19-16-8-15(10-27(19)21(18)29)9-25(11-16)12-17-2-1-7-30-17/h1-4,7,13-16H,5-6,8-12H2,(H,23,28)/t15-,16+/m0/s1. The van der Waals surface area contributed by atoms with Crippen LogP contribution in [-0.4, -0.2) is 49.8 Å².